The second-order valence-electron chi connectivity index (χ2n) is 7.91. The molecule has 0 saturated carbocycles. The van der Waals surface area contributed by atoms with Crippen LogP contribution in [0.3, 0.4) is 0 Å². The molecule has 0 unspecified atom stereocenters. The van der Waals surface area contributed by atoms with Crippen LogP contribution < -0.4 is 9.47 Å². The van der Waals surface area contributed by atoms with Crippen molar-refractivity contribution < 1.29 is 23.8 Å². The van der Waals surface area contributed by atoms with E-state index in [1.165, 1.54) is 6.07 Å². The Labute approximate surface area is 180 Å². The summed E-state index contributed by atoms with van der Waals surface area (Å²) in [5.41, 5.74) is 2.92. The molecule has 1 aromatic heterocycles. The zero-order valence-corrected chi connectivity index (χ0v) is 18.0. The number of methoxy groups -OCH3 is 1. The molecule has 3 aromatic rings. The fraction of sp³-hybridized carbons (Fsp3) is 0.292. The molecule has 2 heterocycles. The van der Waals surface area contributed by atoms with Crippen molar-refractivity contribution in [3.05, 3.63) is 58.7 Å². The van der Waals surface area contributed by atoms with Crippen molar-refractivity contribution in [2.75, 3.05) is 27.7 Å². The summed E-state index contributed by atoms with van der Waals surface area (Å²) in [4.78, 5) is 14.9. The summed E-state index contributed by atoms with van der Waals surface area (Å²) in [6.07, 6.45) is 2.61. The van der Waals surface area contributed by atoms with Gasteiger partial charge in [0.15, 0.2) is 17.3 Å². The molecular formula is C24H25FN2O4. The van der Waals surface area contributed by atoms with Crippen LogP contribution in [0.2, 0.25) is 0 Å². The lowest BCUT2D eigenvalue weighted by atomic mass is 10.1. The molecule has 0 spiro atoms. The third kappa shape index (κ3) is 3.65. The molecule has 7 heteroatoms. The standard InChI is InChI=1S/C24H25FN2O4/c1-14-17(13-21-23(29)16-7-9-20(28)22(25)24(16)31-21)18-12-15(30-4)6-8-19(18)27(14)11-5-10-26(2)3/h6-9,12-13,28H,5,10-11H2,1-4H3/b21-13-. The van der Waals surface area contributed by atoms with Gasteiger partial charge in [-0.1, -0.05) is 0 Å². The van der Waals surface area contributed by atoms with E-state index in [2.05, 4.69) is 9.47 Å². The molecule has 162 valence electrons. The maximum absolute atomic E-state index is 14.2. The Balaban J connectivity index is 1.81. The van der Waals surface area contributed by atoms with Gasteiger partial charge in [0, 0.05) is 28.7 Å². The number of carbonyl (C=O) groups is 1. The van der Waals surface area contributed by atoms with E-state index < -0.39 is 17.3 Å². The Kier molecular flexibility index (Phi) is 5.45. The highest BCUT2D eigenvalue weighted by Gasteiger charge is 2.32. The van der Waals surface area contributed by atoms with Gasteiger partial charge >= 0.3 is 0 Å². The number of rotatable bonds is 6. The lowest BCUT2D eigenvalue weighted by Gasteiger charge is -2.12. The number of ether oxygens (including phenoxy) is 2. The smallest absolute Gasteiger partial charge is 0.232 e. The van der Waals surface area contributed by atoms with E-state index in [-0.39, 0.29) is 17.1 Å². The predicted octanol–water partition coefficient (Wildman–Crippen LogP) is 4.37. The van der Waals surface area contributed by atoms with Crippen molar-refractivity contribution >= 4 is 22.8 Å². The molecule has 2 aromatic carbocycles. The van der Waals surface area contributed by atoms with Crippen LogP contribution in [0.4, 0.5) is 4.39 Å². The molecular weight excluding hydrogens is 399 g/mol. The summed E-state index contributed by atoms with van der Waals surface area (Å²) in [6.45, 7) is 3.76. The number of allylic oxidation sites excluding steroid dienone is 1. The first-order valence-electron chi connectivity index (χ1n) is 10.1. The largest absolute Gasteiger partial charge is 0.505 e. The summed E-state index contributed by atoms with van der Waals surface area (Å²) in [6, 6.07) is 8.37. The zero-order chi connectivity index (χ0) is 22.3. The normalized spacial score (nSPS) is 14.5. The molecule has 1 aliphatic rings. The van der Waals surface area contributed by atoms with Gasteiger partial charge in [-0.15, -0.1) is 0 Å². The van der Waals surface area contributed by atoms with Gasteiger partial charge in [0.25, 0.3) is 0 Å². The fourth-order valence-electron chi connectivity index (χ4n) is 3.97. The van der Waals surface area contributed by atoms with Crippen molar-refractivity contribution in [1.82, 2.24) is 9.47 Å². The number of hydrogen-bond donors (Lipinski definition) is 1. The average Bonchev–Trinajstić information content (AvgIpc) is 3.20. The number of carbonyl (C=O) groups excluding carboxylic acids is 1. The second kappa shape index (κ2) is 8.07. The maximum Gasteiger partial charge on any atom is 0.232 e. The Morgan fingerprint density at radius 3 is 2.74 bits per heavy atom. The fourth-order valence-corrected chi connectivity index (χ4v) is 3.97. The van der Waals surface area contributed by atoms with Gasteiger partial charge in [-0.05, 0) is 70.4 Å². The summed E-state index contributed by atoms with van der Waals surface area (Å²) in [5, 5.41) is 10.5. The number of fused-ring (bicyclic) bond motifs is 2. The molecule has 6 nitrogen and oxygen atoms in total. The molecule has 0 fully saturated rings. The van der Waals surface area contributed by atoms with Crippen LogP contribution in [-0.4, -0.2) is 48.1 Å². The minimum atomic E-state index is -0.932. The van der Waals surface area contributed by atoms with E-state index in [9.17, 15) is 14.3 Å². The molecule has 0 saturated heterocycles. The van der Waals surface area contributed by atoms with Crippen LogP contribution in [0.25, 0.3) is 17.0 Å². The molecule has 1 N–H and O–H groups in total. The number of ketones is 1. The van der Waals surface area contributed by atoms with Gasteiger partial charge in [-0.2, -0.15) is 4.39 Å². The van der Waals surface area contributed by atoms with E-state index in [0.717, 1.165) is 47.7 Å². The van der Waals surface area contributed by atoms with Gasteiger partial charge in [0.1, 0.15) is 5.75 Å². The monoisotopic (exact) mass is 424 g/mol. The van der Waals surface area contributed by atoms with Gasteiger partial charge in [-0.3, -0.25) is 4.79 Å². The molecule has 0 radical (unpaired) electrons. The van der Waals surface area contributed by atoms with Gasteiger partial charge in [0.05, 0.1) is 12.7 Å². The van der Waals surface area contributed by atoms with Crippen molar-refractivity contribution in [3.63, 3.8) is 0 Å². The Morgan fingerprint density at radius 2 is 2.03 bits per heavy atom. The molecule has 1 aliphatic heterocycles. The first kappa shape index (κ1) is 20.9. The van der Waals surface area contributed by atoms with Crippen molar-refractivity contribution in [2.45, 2.75) is 19.9 Å². The lowest BCUT2D eigenvalue weighted by Crippen LogP contribution is -2.15. The highest BCUT2D eigenvalue weighted by molar-refractivity contribution is 6.15. The zero-order valence-electron chi connectivity index (χ0n) is 18.0. The number of phenols is 1. The molecule has 0 amide bonds. The number of Topliss-reactive ketones (excluding diaryl/α,β-unsaturated/α-hetero) is 1. The van der Waals surface area contributed by atoms with Gasteiger partial charge < -0.3 is 24.0 Å². The molecule has 4 rings (SSSR count). The van der Waals surface area contributed by atoms with Crippen LogP contribution in [0.1, 0.15) is 28.0 Å². The third-order valence-corrected chi connectivity index (χ3v) is 5.60. The van der Waals surface area contributed by atoms with Gasteiger partial charge in [0.2, 0.25) is 11.6 Å². The third-order valence-electron chi connectivity index (χ3n) is 5.60. The predicted molar refractivity (Wildman–Crippen MR) is 117 cm³/mol. The van der Waals surface area contributed by atoms with Crippen molar-refractivity contribution in [3.8, 4) is 17.2 Å². The van der Waals surface area contributed by atoms with Crippen molar-refractivity contribution in [2.24, 2.45) is 0 Å². The number of phenolic OH excluding ortho intramolecular Hbond substituents is 1. The van der Waals surface area contributed by atoms with Crippen LogP contribution in [0.5, 0.6) is 17.2 Å². The molecule has 31 heavy (non-hydrogen) atoms. The minimum absolute atomic E-state index is 0.0257. The van der Waals surface area contributed by atoms with E-state index in [1.54, 1.807) is 13.2 Å². The van der Waals surface area contributed by atoms with E-state index in [0.29, 0.717) is 5.75 Å². The van der Waals surface area contributed by atoms with Crippen LogP contribution in [0, 0.1) is 12.7 Å². The molecule has 0 atom stereocenters. The first-order chi connectivity index (χ1) is 14.8. The van der Waals surface area contributed by atoms with E-state index in [4.69, 9.17) is 9.47 Å². The number of aryl methyl sites for hydroxylation is 1. The van der Waals surface area contributed by atoms with Crippen molar-refractivity contribution in [1.29, 1.82) is 0 Å². The summed E-state index contributed by atoms with van der Waals surface area (Å²) in [7, 11) is 5.69. The Bertz CT molecular complexity index is 1210. The van der Waals surface area contributed by atoms with Crippen LogP contribution in [-0.2, 0) is 6.54 Å². The Morgan fingerprint density at radius 1 is 1.26 bits per heavy atom. The first-order valence-corrected chi connectivity index (χ1v) is 10.1. The lowest BCUT2D eigenvalue weighted by molar-refractivity contribution is 0.101. The van der Waals surface area contributed by atoms with Crippen LogP contribution in [0.15, 0.2) is 36.1 Å². The maximum atomic E-state index is 14.2. The number of aromatic nitrogens is 1. The SMILES string of the molecule is COc1ccc2c(c1)c(/C=C1\Oc3c(ccc(O)c3F)C1=O)c(C)n2CCCN(C)C. The highest BCUT2D eigenvalue weighted by atomic mass is 19.1. The number of benzene rings is 2. The Hall–Kier alpha value is -3.32. The molecule has 0 bridgehead atoms. The number of aromatic hydroxyl groups is 1. The van der Waals surface area contributed by atoms with Crippen LogP contribution >= 0.6 is 0 Å². The van der Waals surface area contributed by atoms with E-state index in [1.807, 2.05) is 39.2 Å². The average molecular weight is 424 g/mol. The quantitative estimate of drug-likeness (QED) is 0.596. The number of halogens is 1. The molecule has 0 aliphatic carbocycles. The summed E-state index contributed by atoms with van der Waals surface area (Å²) >= 11 is 0. The summed E-state index contributed by atoms with van der Waals surface area (Å²) in [5.74, 6) is -1.40. The second-order valence-corrected chi connectivity index (χ2v) is 7.91. The van der Waals surface area contributed by atoms with Gasteiger partial charge in [-0.25, -0.2) is 0 Å². The highest BCUT2D eigenvalue weighted by Crippen LogP contribution is 2.39. The summed E-state index contributed by atoms with van der Waals surface area (Å²) < 4.78 is 27.4. The number of hydrogen-bond acceptors (Lipinski definition) is 5. The number of nitrogens with zero attached hydrogens (tertiary/aromatic N) is 2. The van der Waals surface area contributed by atoms with E-state index >= 15 is 0 Å². The topological polar surface area (TPSA) is 63.9 Å². The minimum Gasteiger partial charge on any atom is -0.505 e.